The maximum Gasteiger partial charge on any atom is 0.225 e. The zero-order chi connectivity index (χ0) is 14.7. The zero-order valence-electron chi connectivity index (χ0n) is 12.1. The number of anilines is 1. The SMILES string of the molecule is Bn1ccc2nc(NC(=C)CCc3ccccc3)cnc21. The first-order valence-electron chi connectivity index (χ1n) is 6.99. The second-order valence-electron chi connectivity index (χ2n) is 5.10. The number of nitrogens with one attached hydrogen (secondary N) is 1. The number of aryl methyl sites for hydroxylation is 1. The minimum Gasteiger partial charge on any atom is -0.383 e. The first kappa shape index (κ1) is 13.4. The van der Waals surface area contributed by atoms with Gasteiger partial charge in [0.15, 0.2) is 0 Å². The average Bonchev–Trinajstić information content (AvgIpc) is 2.87. The van der Waals surface area contributed by atoms with E-state index in [1.54, 1.807) is 6.20 Å². The smallest absolute Gasteiger partial charge is 0.225 e. The van der Waals surface area contributed by atoms with Crippen molar-refractivity contribution in [1.29, 1.82) is 0 Å². The first-order chi connectivity index (χ1) is 10.2. The third-order valence-electron chi connectivity index (χ3n) is 3.43. The number of fused-ring (bicyclic) bond motifs is 1. The van der Waals surface area contributed by atoms with Gasteiger partial charge in [0.1, 0.15) is 17.0 Å². The van der Waals surface area contributed by atoms with Gasteiger partial charge < -0.3 is 9.79 Å². The van der Waals surface area contributed by atoms with Crippen LogP contribution in [0.5, 0.6) is 0 Å². The maximum atomic E-state index is 4.54. The Morgan fingerprint density at radius 1 is 1.24 bits per heavy atom. The van der Waals surface area contributed by atoms with Crippen LogP contribution in [0.2, 0.25) is 0 Å². The summed E-state index contributed by atoms with van der Waals surface area (Å²) in [5.74, 6) is 0.742. The van der Waals surface area contributed by atoms with Crippen molar-refractivity contribution < 1.29 is 0 Å². The zero-order valence-corrected chi connectivity index (χ0v) is 12.1. The van der Waals surface area contributed by atoms with Gasteiger partial charge in [-0.2, -0.15) is 0 Å². The van der Waals surface area contributed by atoms with Crippen LogP contribution in [0, 0.1) is 0 Å². The van der Waals surface area contributed by atoms with E-state index in [4.69, 9.17) is 0 Å². The second-order valence-corrected chi connectivity index (χ2v) is 5.10. The molecule has 0 spiro atoms. The largest absolute Gasteiger partial charge is 0.383 e. The molecule has 0 aliphatic rings. The normalized spacial score (nSPS) is 10.7. The van der Waals surface area contributed by atoms with E-state index in [-0.39, 0.29) is 0 Å². The highest BCUT2D eigenvalue weighted by Gasteiger charge is 2.04. The lowest BCUT2D eigenvalue weighted by Crippen LogP contribution is -2.03. The molecule has 0 aliphatic heterocycles. The summed E-state index contributed by atoms with van der Waals surface area (Å²) < 4.78 is 1.95. The van der Waals surface area contributed by atoms with Crippen molar-refractivity contribution in [3.63, 3.8) is 0 Å². The topological polar surface area (TPSA) is 42.7 Å². The molecule has 2 aromatic heterocycles. The van der Waals surface area contributed by atoms with Crippen molar-refractivity contribution in [1.82, 2.24) is 14.4 Å². The third kappa shape index (κ3) is 3.13. The Morgan fingerprint density at radius 3 is 2.86 bits per heavy atom. The molecule has 0 amide bonds. The lowest BCUT2D eigenvalue weighted by molar-refractivity contribution is 0.946. The number of aromatic nitrogens is 3. The van der Waals surface area contributed by atoms with Gasteiger partial charge in [-0.05, 0) is 30.7 Å². The predicted octanol–water partition coefficient (Wildman–Crippen LogP) is 2.39. The quantitative estimate of drug-likeness (QED) is 0.727. The molecule has 0 unspecified atom stereocenters. The molecule has 0 saturated heterocycles. The van der Waals surface area contributed by atoms with E-state index in [2.05, 4.69) is 46.1 Å². The van der Waals surface area contributed by atoms with Crippen LogP contribution in [0.4, 0.5) is 5.82 Å². The minimum absolute atomic E-state index is 0.742. The van der Waals surface area contributed by atoms with Crippen LogP contribution in [-0.2, 0) is 6.42 Å². The van der Waals surface area contributed by atoms with Crippen molar-refractivity contribution >= 4 is 25.0 Å². The van der Waals surface area contributed by atoms with Crippen molar-refractivity contribution in [2.24, 2.45) is 0 Å². The van der Waals surface area contributed by atoms with Crippen LogP contribution in [0.15, 0.2) is 61.1 Å². The molecule has 3 rings (SSSR count). The summed E-state index contributed by atoms with van der Waals surface area (Å²) in [5, 5.41) is 3.24. The van der Waals surface area contributed by atoms with E-state index >= 15 is 0 Å². The Kier molecular flexibility index (Phi) is 3.73. The molecular weight excluding hydrogens is 259 g/mol. The van der Waals surface area contributed by atoms with Crippen molar-refractivity contribution in [3.8, 4) is 0 Å². The number of hydrogen-bond acceptors (Lipinski definition) is 3. The summed E-state index contributed by atoms with van der Waals surface area (Å²) in [5.41, 5.74) is 4.03. The number of allylic oxidation sites excluding steroid dienone is 1. The Labute approximate surface area is 125 Å². The van der Waals surface area contributed by atoms with Crippen LogP contribution < -0.4 is 5.32 Å². The summed E-state index contributed by atoms with van der Waals surface area (Å²) >= 11 is 0. The molecule has 0 radical (unpaired) electrons. The Bertz CT molecular complexity index is 764. The molecule has 1 aromatic carbocycles. The molecular formula is C16H17BN4. The van der Waals surface area contributed by atoms with Crippen LogP contribution in [0.1, 0.15) is 12.0 Å². The van der Waals surface area contributed by atoms with E-state index in [0.717, 1.165) is 35.5 Å². The molecule has 104 valence electrons. The number of benzene rings is 1. The van der Waals surface area contributed by atoms with Gasteiger partial charge in [0.05, 0.1) is 6.20 Å². The monoisotopic (exact) mass is 276 g/mol. The van der Waals surface area contributed by atoms with E-state index in [0.29, 0.717) is 0 Å². The van der Waals surface area contributed by atoms with E-state index in [1.807, 2.05) is 30.8 Å². The molecule has 4 nitrogen and oxygen atoms in total. The van der Waals surface area contributed by atoms with Crippen LogP contribution in [-0.4, -0.2) is 22.4 Å². The summed E-state index contributed by atoms with van der Waals surface area (Å²) in [6, 6.07) is 12.4. The molecule has 0 atom stereocenters. The molecule has 0 bridgehead atoms. The fourth-order valence-corrected chi connectivity index (χ4v) is 2.28. The summed E-state index contributed by atoms with van der Waals surface area (Å²) in [6.07, 6.45) is 5.54. The van der Waals surface area contributed by atoms with Gasteiger partial charge in [0, 0.05) is 5.70 Å². The lowest BCUT2D eigenvalue weighted by Gasteiger charge is -2.09. The predicted molar refractivity (Wildman–Crippen MR) is 89.0 cm³/mol. The molecule has 3 aromatic rings. The molecule has 0 aliphatic carbocycles. The number of nitrogens with zero attached hydrogens (tertiary/aromatic N) is 3. The standard InChI is InChI=1S/C16H17BN4/c1-12(7-8-13-5-3-2-4-6-13)19-15-11-18-16-14(20-15)9-10-21(16)17/h2-6,9-11H,1,7-8,17H2,(H,19,20). The fourth-order valence-electron chi connectivity index (χ4n) is 2.28. The highest BCUT2D eigenvalue weighted by Crippen LogP contribution is 2.15. The molecule has 5 heteroatoms. The van der Waals surface area contributed by atoms with Gasteiger partial charge in [-0.3, -0.25) is 0 Å². The summed E-state index contributed by atoms with van der Waals surface area (Å²) in [4.78, 5) is 8.94. The Morgan fingerprint density at radius 2 is 2.05 bits per heavy atom. The lowest BCUT2D eigenvalue weighted by atomic mass is 10.1. The second kappa shape index (κ2) is 5.83. The van der Waals surface area contributed by atoms with E-state index in [9.17, 15) is 0 Å². The minimum atomic E-state index is 0.742. The summed E-state index contributed by atoms with van der Waals surface area (Å²) in [6.45, 7) is 4.07. The highest BCUT2D eigenvalue weighted by molar-refractivity contribution is 6.10. The van der Waals surface area contributed by atoms with Crippen molar-refractivity contribution in [3.05, 3.63) is 66.6 Å². The van der Waals surface area contributed by atoms with Crippen molar-refractivity contribution in [2.45, 2.75) is 12.8 Å². The Hall–Kier alpha value is -2.56. The average molecular weight is 276 g/mol. The fraction of sp³-hybridized carbons (Fsp3) is 0.125. The van der Waals surface area contributed by atoms with Crippen molar-refractivity contribution in [2.75, 3.05) is 5.32 Å². The third-order valence-corrected chi connectivity index (χ3v) is 3.43. The van der Waals surface area contributed by atoms with Gasteiger partial charge in [-0.15, -0.1) is 0 Å². The highest BCUT2D eigenvalue weighted by atomic mass is 15.1. The van der Waals surface area contributed by atoms with Crippen LogP contribution >= 0.6 is 0 Å². The molecule has 21 heavy (non-hydrogen) atoms. The Balaban J connectivity index is 1.63. The first-order valence-corrected chi connectivity index (χ1v) is 6.99. The van der Waals surface area contributed by atoms with Gasteiger partial charge in [0.2, 0.25) is 7.98 Å². The molecule has 1 N–H and O–H groups in total. The maximum absolute atomic E-state index is 4.54. The van der Waals surface area contributed by atoms with Crippen LogP contribution in [0.25, 0.3) is 11.2 Å². The molecule has 0 saturated carbocycles. The number of hydrogen-bond donors (Lipinski definition) is 1. The summed E-state index contributed by atoms with van der Waals surface area (Å²) in [7, 11) is 1.96. The molecule has 2 heterocycles. The van der Waals surface area contributed by atoms with Gasteiger partial charge in [-0.25, -0.2) is 9.97 Å². The van der Waals surface area contributed by atoms with Gasteiger partial charge in [-0.1, -0.05) is 36.9 Å². The van der Waals surface area contributed by atoms with E-state index in [1.165, 1.54) is 5.56 Å². The van der Waals surface area contributed by atoms with E-state index < -0.39 is 0 Å². The molecule has 0 fully saturated rings. The van der Waals surface area contributed by atoms with Gasteiger partial charge in [0.25, 0.3) is 0 Å². The number of rotatable bonds is 5. The van der Waals surface area contributed by atoms with Crippen LogP contribution in [0.3, 0.4) is 0 Å². The van der Waals surface area contributed by atoms with Gasteiger partial charge >= 0.3 is 0 Å².